The summed E-state index contributed by atoms with van der Waals surface area (Å²) < 4.78 is 0.382. The van der Waals surface area contributed by atoms with Gasteiger partial charge in [0.05, 0.1) is 6.10 Å². The van der Waals surface area contributed by atoms with E-state index in [0.29, 0.717) is 9.84 Å². The van der Waals surface area contributed by atoms with Gasteiger partial charge in [-0.25, -0.2) is 0 Å². The molecule has 2 fully saturated rings. The lowest BCUT2D eigenvalue weighted by molar-refractivity contribution is 0.0467. The fourth-order valence-corrected chi connectivity index (χ4v) is 5.21. The minimum Gasteiger partial charge on any atom is -0.389 e. The summed E-state index contributed by atoms with van der Waals surface area (Å²) in [5, 5.41) is 10.4. The van der Waals surface area contributed by atoms with E-state index < -0.39 is 0 Å². The molecule has 0 aromatic rings. The zero-order chi connectivity index (χ0) is 13.0. The number of rotatable bonds is 0. The molecule has 0 heterocycles. The number of halogens is 1. The molecule has 0 aromatic carbocycles. The molecular formula is C15H25IO. The maximum atomic E-state index is 10.4. The van der Waals surface area contributed by atoms with E-state index in [0.717, 1.165) is 17.9 Å². The fraction of sp³-hybridized carbons (Fsp3) is 0.867. The predicted octanol–water partition coefficient (Wildman–Crippen LogP) is 4.19. The summed E-state index contributed by atoms with van der Waals surface area (Å²) in [6.07, 6.45) is 3.21. The van der Waals surface area contributed by atoms with Crippen molar-refractivity contribution in [2.75, 3.05) is 0 Å². The minimum atomic E-state index is -0.313. The Labute approximate surface area is 119 Å². The Morgan fingerprint density at radius 2 is 1.88 bits per heavy atom. The maximum Gasteiger partial charge on any atom is 0.0763 e. The van der Waals surface area contributed by atoms with Crippen molar-refractivity contribution >= 4 is 22.6 Å². The van der Waals surface area contributed by atoms with Crippen LogP contribution >= 0.6 is 22.6 Å². The van der Waals surface area contributed by atoms with Gasteiger partial charge in [0.1, 0.15) is 0 Å². The average Bonchev–Trinajstić information content (AvgIpc) is 2.51. The fourth-order valence-electron chi connectivity index (χ4n) is 4.36. The van der Waals surface area contributed by atoms with Gasteiger partial charge in [0, 0.05) is 3.92 Å². The van der Waals surface area contributed by atoms with Gasteiger partial charge in [0.15, 0.2) is 0 Å². The molecule has 0 aromatic heterocycles. The summed E-state index contributed by atoms with van der Waals surface area (Å²) in [6.45, 7) is 13.6. The van der Waals surface area contributed by atoms with Gasteiger partial charge in [-0.2, -0.15) is 0 Å². The third kappa shape index (κ3) is 1.90. The van der Waals surface area contributed by atoms with Crippen LogP contribution in [0.1, 0.15) is 47.0 Å². The Balaban J connectivity index is 2.47. The van der Waals surface area contributed by atoms with Gasteiger partial charge in [-0.05, 0) is 47.5 Å². The van der Waals surface area contributed by atoms with Crippen LogP contribution in [-0.4, -0.2) is 15.1 Å². The third-order valence-corrected chi connectivity index (χ3v) is 8.15. The van der Waals surface area contributed by atoms with Crippen molar-refractivity contribution in [2.24, 2.45) is 22.7 Å². The van der Waals surface area contributed by atoms with Crippen LogP contribution in [0.2, 0.25) is 0 Å². The lowest BCUT2D eigenvalue weighted by Gasteiger charge is -2.44. The van der Waals surface area contributed by atoms with E-state index in [4.69, 9.17) is 0 Å². The molecule has 0 amide bonds. The van der Waals surface area contributed by atoms with Gasteiger partial charge >= 0.3 is 0 Å². The molecule has 2 aliphatic carbocycles. The third-order valence-electron chi connectivity index (χ3n) is 5.75. The Morgan fingerprint density at radius 1 is 1.29 bits per heavy atom. The zero-order valence-corrected chi connectivity index (χ0v) is 13.6. The molecule has 1 unspecified atom stereocenters. The lowest BCUT2D eigenvalue weighted by Crippen LogP contribution is -2.39. The van der Waals surface area contributed by atoms with Gasteiger partial charge in [-0.15, -0.1) is 0 Å². The molecule has 98 valence electrons. The summed E-state index contributed by atoms with van der Waals surface area (Å²) >= 11 is 2.50. The van der Waals surface area contributed by atoms with Crippen molar-refractivity contribution in [3.8, 4) is 0 Å². The topological polar surface area (TPSA) is 20.2 Å². The molecular weight excluding hydrogens is 323 g/mol. The molecule has 0 aliphatic heterocycles. The van der Waals surface area contributed by atoms with E-state index in [1.165, 1.54) is 12.8 Å². The lowest BCUT2D eigenvalue weighted by atomic mass is 9.62. The van der Waals surface area contributed by atoms with Crippen molar-refractivity contribution in [1.29, 1.82) is 0 Å². The highest BCUT2D eigenvalue weighted by atomic mass is 127. The van der Waals surface area contributed by atoms with E-state index in [9.17, 15) is 5.11 Å². The Bertz CT molecular complexity index is 336. The molecule has 0 bridgehead atoms. The van der Waals surface area contributed by atoms with Gasteiger partial charge < -0.3 is 5.11 Å². The molecule has 2 heteroatoms. The van der Waals surface area contributed by atoms with Crippen LogP contribution in [0.5, 0.6) is 0 Å². The monoisotopic (exact) mass is 348 g/mol. The SMILES string of the molecule is C=C1[C@@H](O)C[C@@]2(C)C(CC[C@H]2C)C(C)(C)[C@H]1I. The second kappa shape index (κ2) is 4.22. The van der Waals surface area contributed by atoms with Crippen LogP contribution in [-0.2, 0) is 0 Å². The number of aliphatic hydroxyl groups is 1. The first kappa shape index (κ1) is 13.9. The maximum absolute atomic E-state index is 10.4. The number of aliphatic hydroxyl groups excluding tert-OH is 1. The quantitative estimate of drug-likeness (QED) is 0.395. The van der Waals surface area contributed by atoms with Gasteiger partial charge in [-0.3, -0.25) is 0 Å². The van der Waals surface area contributed by atoms with E-state index in [-0.39, 0.29) is 16.9 Å². The van der Waals surface area contributed by atoms with Crippen molar-refractivity contribution in [1.82, 2.24) is 0 Å². The molecule has 2 rings (SSSR count). The Morgan fingerprint density at radius 3 is 2.47 bits per heavy atom. The molecule has 5 atom stereocenters. The summed E-state index contributed by atoms with van der Waals surface area (Å²) in [4.78, 5) is 0. The zero-order valence-electron chi connectivity index (χ0n) is 11.5. The molecule has 17 heavy (non-hydrogen) atoms. The van der Waals surface area contributed by atoms with Crippen LogP contribution in [0.15, 0.2) is 12.2 Å². The van der Waals surface area contributed by atoms with Crippen LogP contribution in [0.4, 0.5) is 0 Å². The van der Waals surface area contributed by atoms with Crippen LogP contribution in [0, 0.1) is 22.7 Å². The molecule has 1 nitrogen and oxygen atoms in total. The second-order valence-electron chi connectivity index (χ2n) is 7.02. The largest absolute Gasteiger partial charge is 0.389 e. The highest BCUT2D eigenvalue weighted by Gasteiger charge is 2.56. The molecule has 1 N–H and O–H groups in total. The molecule has 0 spiro atoms. The summed E-state index contributed by atoms with van der Waals surface area (Å²) in [5.41, 5.74) is 1.57. The summed E-state index contributed by atoms with van der Waals surface area (Å²) in [7, 11) is 0. The number of hydrogen-bond acceptors (Lipinski definition) is 1. The first-order valence-corrected chi connectivity index (χ1v) is 7.96. The van der Waals surface area contributed by atoms with E-state index in [1.807, 2.05) is 0 Å². The average molecular weight is 348 g/mol. The van der Waals surface area contributed by atoms with Crippen LogP contribution in [0.25, 0.3) is 0 Å². The molecule has 0 radical (unpaired) electrons. The summed E-state index contributed by atoms with van der Waals surface area (Å²) in [6, 6.07) is 0. The van der Waals surface area contributed by atoms with Crippen molar-refractivity contribution < 1.29 is 5.11 Å². The van der Waals surface area contributed by atoms with Gasteiger partial charge in [0.25, 0.3) is 0 Å². The standard InChI is InChI=1S/C15H25IO/c1-9-6-7-12-14(3,4)13(16)10(2)11(17)8-15(9,12)5/h9,11-13,17H,2,6-8H2,1,3-5H3/t9-,11+,12?,13+,15-/m1/s1. The smallest absolute Gasteiger partial charge is 0.0763 e. The van der Waals surface area contributed by atoms with Crippen molar-refractivity contribution in [3.63, 3.8) is 0 Å². The second-order valence-corrected chi connectivity index (χ2v) is 8.26. The highest BCUT2D eigenvalue weighted by molar-refractivity contribution is 14.1. The Hall–Kier alpha value is 0.430. The van der Waals surface area contributed by atoms with Gasteiger partial charge in [-0.1, -0.05) is 56.9 Å². The first-order chi connectivity index (χ1) is 7.71. The first-order valence-electron chi connectivity index (χ1n) is 6.72. The molecule has 2 aliphatic rings. The highest BCUT2D eigenvalue weighted by Crippen LogP contribution is 2.62. The number of alkyl halides is 1. The number of hydrogen-bond donors (Lipinski definition) is 1. The van der Waals surface area contributed by atoms with E-state index in [2.05, 4.69) is 56.9 Å². The Kier molecular flexibility index (Phi) is 3.44. The van der Waals surface area contributed by atoms with Crippen LogP contribution < -0.4 is 0 Å². The minimum absolute atomic E-state index is 0.245. The normalized spacial score (nSPS) is 49.9. The predicted molar refractivity (Wildman–Crippen MR) is 81.3 cm³/mol. The molecule has 2 saturated carbocycles. The van der Waals surface area contributed by atoms with Crippen LogP contribution in [0.3, 0.4) is 0 Å². The van der Waals surface area contributed by atoms with Crippen molar-refractivity contribution in [2.45, 2.75) is 57.0 Å². The van der Waals surface area contributed by atoms with E-state index >= 15 is 0 Å². The summed E-state index contributed by atoms with van der Waals surface area (Å²) in [5.74, 6) is 1.43. The van der Waals surface area contributed by atoms with Crippen molar-refractivity contribution in [3.05, 3.63) is 12.2 Å². The van der Waals surface area contributed by atoms with Gasteiger partial charge in [0.2, 0.25) is 0 Å². The number of fused-ring (bicyclic) bond motifs is 1. The van der Waals surface area contributed by atoms with E-state index in [1.54, 1.807) is 0 Å². The molecule has 0 saturated heterocycles.